The van der Waals surface area contributed by atoms with Gasteiger partial charge in [-0.2, -0.15) is 0 Å². The van der Waals surface area contributed by atoms with Gasteiger partial charge in [-0.25, -0.2) is 4.79 Å². The zero-order valence-electron chi connectivity index (χ0n) is 17.7. The van der Waals surface area contributed by atoms with Gasteiger partial charge in [0.1, 0.15) is 5.75 Å². The molecule has 0 spiro atoms. The van der Waals surface area contributed by atoms with Crippen LogP contribution in [0.1, 0.15) is 29.2 Å². The molecule has 30 heavy (non-hydrogen) atoms. The van der Waals surface area contributed by atoms with Gasteiger partial charge in [0.25, 0.3) is 0 Å². The summed E-state index contributed by atoms with van der Waals surface area (Å²) in [5.74, 6) is 0.733. The Kier molecular flexibility index (Phi) is 6.90. The van der Waals surface area contributed by atoms with Gasteiger partial charge in [0.05, 0.1) is 19.8 Å². The maximum absolute atomic E-state index is 12.8. The van der Waals surface area contributed by atoms with Crippen molar-refractivity contribution in [2.75, 3.05) is 31.6 Å². The van der Waals surface area contributed by atoms with Gasteiger partial charge in [-0.05, 0) is 67.8 Å². The Bertz CT molecular complexity index is 964. The predicted molar refractivity (Wildman–Crippen MR) is 118 cm³/mol. The lowest BCUT2D eigenvalue weighted by atomic mass is 9.87. The molecule has 0 bridgehead atoms. The molecule has 1 aliphatic carbocycles. The Morgan fingerprint density at radius 1 is 1.20 bits per heavy atom. The second-order valence-electron chi connectivity index (χ2n) is 7.45. The number of carbonyl (C=O) groups is 2. The van der Waals surface area contributed by atoms with Gasteiger partial charge in [-0.3, -0.25) is 4.79 Å². The second-order valence-corrected chi connectivity index (χ2v) is 7.45. The van der Waals surface area contributed by atoms with Crippen LogP contribution in [0, 0.1) is 13.8 Å². The molecule has 3 rings (SSSR count). The quantitative estimate of drug-likeness (QED) is 0.732. The summed E-state index contributed by atoms with van der Waals surface area (Å²) >= 11 is 0. The molecule has 0 heterocycles. The number of Topliss-reactive ketones (excluding diaryl/α,β-unsaturated/α-hetero) is 1. The van der Waals surface area contributed by atoms with E-state index in [4.69, 9.17) is 4.74 Å². The molecule has 0 unspecified atom stereocenters. The van der Waals surface area contributed by atoms with E-state index >= 15 is 0 Å². The van der Waals surface area contributed by atoms with Crippen molar-refractivity contribution < 1.29 is 19.4 Å². The van der Waals surface area contributed by atoms with Crippen molar-refractivity contribution in [1.29, 1.82) is 0 Å². The summed E-state index contributed by atoms with van der Waals surface area (Å²) in [6.07, 6.45) is 2.20. The smallest absolute Gasteiger partial charge is 0.322 e. The van der Waals surface area contributed by atoms with Crippen molar-refractivity contribution in [1.82, 2.24) is 4.90 Å². The molecule has 6 heteroatoms. The third-order valence-electron chi connectivity index (χ3n) is 5.11. The molecule has 6 nitrogen and oxygen atoms in total. The molecule has 0 aromatic heterocycles. The van der Waals surface area contributed by atoms with Gasteiger partial charge in [0.15, 0.2) is 5.78 Å². The van der Waals surface area contributed by atoms with Crippen LogP contribution in [0.25, 0.3) is 6.08 Å². The van der Waals surface area contributed by atoms with E-state index in [1.54, 1.807) is 24.3 Å². The second kappa shape index (κ2) is 9.59. The number of aliphatic hydroxyl groups is 1. The minimum absolute atomic E-state index is 0.00580. The van der Waals surface area contributed by atoms with Crippen LogP contribution in [-0.2, 0) is 11.2 Å². The zero-order chi connectivity index (χ0) is 21.7. The van der Waals surface area contributed by atoms with E-state index in [2.05, 4.69) is 17.4 Å². The van der Waals surface area contributed by atoms with Gasteiger partial charge < -0.3 is 20.1 Å². The van der Waals surface area contributed by atoms with E-state index in [0.717, 1.165) is 28.0 Å². The summed E-state index contributed by atoms with van der Waals surface area (Å²) in [6, 6.07) is 10.8. The number of nitrogens with zero attached hydrogens (tertiary/aromatic N) is 1. The van der Waals surface area contributed by atoms with Crippen molar-refractivity contribution in [3.8, 4) is 5.75 Å². The molecule has 1 aliphatic rings. The Hall–Kier alpha value is -3.12. The maximum atomic E-state index is 12.8. The van der Waals surface area contributed by atoms with E-state index in [1.807, 2.05) is 26.8 Å². The standard InChI is InChI=1S/C24H28N2O4/c1-4-30-21-7-5-20(6-8-21)25-24(29)26(9-10-27)15-19-13-18-12-16(2)11-17(3)22(18)14-23(19)28/h5-8,11-13,27H,4,9-10,14-15H2,1-3H3,(H,25,29). The van der Waals surface area contributed by atoms with E-state index in [0.29, 0.717) is 24.3 Å². The number of ketones is 1. The molecule has 158 valence electrons. The molecule has 2 aromatic rings. The van der Waals surface area contributed by atoms with Gasteiger partial charge >= 0.3 is 6.03 Å². The van der Waals surface area contributed by atoms with Crippen LogP contribution < -0.4 is 10.1 Å². The number of fused-ring (bicyclic) bond motifs is 1. The molecule has 0 aliphatic heterocycles. The molecule has 0 atom stereocenters. The van der Waals surface area contributed by atoms with Crippen LogP contribution >= 0.6 is 0 Å². The summed E-state index contributed by atoms with van der Waals surface area (Å²) in [5.41, 5.74) is 5.50. The topological polar surface area (TPSA) is 78.9 Å². The van der Waals surface area contributed by atoms with Crippen LogP contribution in [0.4, 0.5) is 10.5 Å². The lowest BCUT2D eigenvalue weighted by Gasteiger charge is -2.25. The Morgan fingerprint density at radius 3 is 2.60 bits per heavy atom. The van der Waals surface area contributed by atoms with E-state index in [1.165, 1.54) is 4.90 Å². The van der Waals surface area contributed by atoms with Crippen molar-refractivity contribution in [3.63, 3.8) is 0 Å². The number of hydrogen-bond donors (Lipinski definition) is 2. The molecule has 2 amide bonds. The van der Waals surface area contributed by atoms with Gasteiger partial charge in [-0.1, -0.05) is 17.7 Å². The highest BCUT2D eigenvalue weighted by molar-refractivity contribution is 6.05. The number of rotatable bonds is 7. The third kappa shape index (κ3) is 5.07. The van der Waals surface area contributed by atoms with Crippen LogP contribution in [-0.4, -0.2) is 48.1 Å². The highest BCUT2D eigenvalue weighted by Gasteiger charge is 2.24. The van der Waals surface area contributed by atoms with Crippen molar-refractivity contribution in [2.45, 2.75) is 27.2 Å². The molecule has 0 saturated carbocycles. The number of aryl methyl sites for hydroxylation is 2. The summed E-state index contributed by atoms with van der Waals surface area (Å²) in [4.78, 5) is 26.9. The lowest BCUT2D eigenvalue weighted by molar-refractivity contribution is -0.115. The van der Waals surface area contributed by atoms with E-state index in [9.17, 15) is 14.7 Å². The van der Waals surface area contributed by atoms with E-state index < -0.39 is 0 Å². The highest BCUT2D eigenvalue weighted by Crippen LogP contribution is 2.26. The number of nitrogens with one attached hydrogen (secondary N) is 1. The van der Waals surface area contributed by atoms with Crippen LogP contribution in [0.3, 0.4) is 0 Å². The number of aliphatic hydroxyl groups excluding tert-OH is 1. The van der Waals surface area contributed by atoms with Crippen LogP contribution in [0.15, 0.2) is 42.0 Å². The largest absolute Gasteiger partial charge is 0.494 e. The minimum Gasteiger partial charge on any atom is -0.494 e. The van der Waals surface area contributed by atoms with Gasteiger partial charge in [0.2, 0.25) is 0 Å². The average Bonchev–Trinajstić information content (AvgIpc) is 2.70. The van der Waals surface area contributed by atoms with Crippen LogP contribution in [0.5, 0.6) is 5.75 Å². The van der Waals surface area contributed by atoms with Gasteiger partial charge in [-0.15, -0.1) is 0 Å². The molecule has 0 radical (unpaired) electrons. The van der Waals surface area contributed by atoms with Crippen molar-refractivity contribution in [2.24, 2.45) is 0 Å². The average molecular weight is 408 g/mol. The number of urea groups is 1. The fourth-order valence-electron chi connectivity index (χ4n) is 3.66. The SMILES string of the molecule is CCOc1ccc(NC(=O)N(CCO)CC2=Cc3cc(C)cc(C)c3CC2=O)cc1. The molecule has 0 fully saturated rings. The van der Waals surface area contributed by atoms with E-state index in [-0.39, 0.29) is 31.5 Å². The fourth-order valence-corrected chi connectivity index (χ4v) is 3.66. The minimum atomic E-state index is -0.367. The molecular weight excluding hydrogens is 380 g/mol. The fraction of sp³-hybridized carbons (Fsp3) is 0.333. The molecule has 2 N–H and O–H groups in total. The molecule has 0 saturated heterocycles. The van der Waals surface area contributed by atoms with Crippen LogP contribution in [0.2, 0.25) is 0 Å². The number of carbonyl (C=O) groups excluding carboxylic acids is 2. The summed E-state index contributed by atoms with van der Waals surface area (Å²) in [6.45, 7) is 6.61. The summed E-state index contributed by atoms with van der Waals surface area (Å²) < 4.78 is 5.41. The van der Waals surface area contributed by atoms with Gasteiger partial charge in [0, 0.05) is 24.2 Å². The number of benzene rings is 2. The maximum Gasteiger partial charge on any atom is 0.322 e. The Morgan fingerprint density at radius 2 is 1.93 bits per heavy atom. The monoisotopic (exact) mass is 408 g/mol. The van der Waals surface area contributed by atoms with Crippen molar-refractivity contribution >= 4 is 23.6 Å². The number of amides is 2. The first-order chi connectivity index (χ1) is 14.4. The summed E-state index contributed by atoms with van der Waals surface area (Å²) in [7, 11) is 0. The normalized spacial score (nSPS) is 12.8. The zero-order valence-corrected chi connectivity index (χ0v) is 17.7. The molecular formula is C24H28N2O4. The Balaban J connectivity index is 1.76. The third-order valence-corrected chi connectivity index (χ3v) is 5.11. The number of anilines is 1. The summed E-state index contributed by atoms with van der Waals surface area (Å²) in [5, 5.41) is 12.3. The lowest BCUT2D eigenvalue weighted by Crippen LogP contribution is -2.39. The first-order valence-corrected chi connectivity index (χ1v) is 10.1. The number of hydrogen-bond acceptors (Lipinski definition) is 4. The predicted octanol–water partition coefficient (Wildman–Crippen LogP) is 3.74. The first-order valence-electron chi connectivity index (χ1n) is 10.1. The first kappa shape index (κ1) is 21.6. The van der Waals surface area contributed by atoms with Crippen molar-refractivity contribution in [3.05, 3.63) is 64.2 Å². The highest BCUT2D eigenvalue weighted by atomic mass is 16.5. The Labute approximate surface area is 177 Å². The molecule has 2 aromatic carbocycles. The number of ether oxygens (including phenoxy) is 1.